The maximum Gasteiger partial charge on any atom is 0.252 e. The van der Waals surface area contributed by atoms with Crippen LogP contribution >= 0.6 is 0 Å². The number of nitriles is 1. The molecule has 124 valence electrons. The third-order valence-corrected chi connectivity index (χ3v) is 3.83. The lowest BCUT2D eigenvalue weighted by Gasteiger charge is -2.19. The number of benzene rings is 2. The molecular weight excluding hydrogens is 319 g/mol. The first-order chi connectivity index (χ1) is 12.1. The summed E-state index contributed by atoms with van der Waals surface area (Å²) in [7, 11) is 1.80. The number of nitrogens with zero attached hydrogens (tertiary/aromatic N) is 3. The summed E-state index contributed by atoms with van der Waals surface area (Å²) in [5.74, 6) is -0.179. The normalized spacial score (nSPS) is 11.6. The highest BCUT2D eigenvalue weighted by Gasteiger charge is 2.22. The molecule has 1 amide bonds. The minimum atomic E-state index is -0.617. The number of hydrogen-bond donors (Lipinski definition) is 1. The van der Waals surface area contributed by atoms with Gasteiger partial charge in [0.2, 0.25) is 0 Å². The Morgan fingerprint density at radius 3 is 2.76 bits per heavy atom. The van der Waals surface area contributed by atoms with Crippen LogP contribution in [0.2, 0.25) is 0 Å². The van der Waals surface area contributed by atoms with E-state index in [0.717, 1.165) is 0 Å². The highest BCUT2D eigenvalue weighted by molar-refractivity contribution is 5.95. The maximum atomic E-state index is 13.7. The van der Waals surface area contributed by atoms with E-state index in [2.05, 4.69) is 10.3 Å². The van der Waals surface area contributed by atoms with Crippen LogP contribution in [0.3, 0.4) is 0 Å². The summed E-state index contributed by atoms with van der Waals surface area (Å²) >= 11 is 0. The lowest BCUT2D eigenvalue weighted by atomic mass is 10.0. The molecule has 1 N–H and O–H groups in total. The first-order valence-electron chi connectivity index (χ1n) is 7.62. The average Bonchev–Trinajstić information content (AvgIpc) is 3.05. The van der Waals surface area contributed by atoms with Gasteiger partial charge >= 0.3 is 0 Å². The van der Waals surface area contributed by atoms with Crippen LogP contribution in [0.25, 0.3) is 0 Å². The zero-order valence-electron chi connectivity index (χ0n) is 13.5. The number of carbonyl (C=O) groups excluding carboxylic acids is 1. The van der Waals surface area contributed by atoms with E-state index in [1.54, 1.807) is 54.3 Å². The molecule has 25 heavy (non-hydrogen) atoms. The van der Waals surface area contributed by atoms with Crippen LogP contribution < -0.4 is 5.32 Å². The zero-order chi connectivity index (χ0) is 17.8. The molecule has 2 aromatic carbocycles. The lowest BCUT2D eigenvalue weighted by molar-refractivity contribution is 0.0941. The second-order valence-corrected chi connectivity index (χ2v) is 5.55. The van der Waals surface area contributed by atoms with Crippen LogP contribution in [0.5, 0.6) is 0 Å². The summed E-state index contributed by atoms with van der Waals surface area (Å²) in [5.41, 5.74) is 1.33. The average molecular weight is 334 g/mol. The number of aromatic nitrogens is 2. The smallest absolute Gasteiger partial charge is 0.252 e. The van der Waals surface area contributed by atoms with Crippen LogP contribution in [-0.2, 0) is 7.05 Å². The van der Waals surface area contributed by atoms with E-state index < -0.39 is 11.9 Å². The molecule has 1 aromatic heterocycles. The summed E-state index contributed by atoms with van der Waals surface area (Å²) in [4.78, 5) is 16.9. The minimum absolute atomic E-state index is 0.356. The summed E-state index contributed by atoms with van der Waals surface area (Å²) in [6.45, 7) is 0. The Bertz CT molecular complexity index is 958. The Hall–Kier alpha value is -3.46. The largest absolute Gasteiger partial charge is 0.338 e. The monoisotopic (exact) mass is 334 g/mol. The van der Waals surface area contributed by atoms with Crippen LogP contribution in [0.4, 0.5) is 4.39 Å². The molecule has 0 aliphatic rings. The molecule has 5 nitrogen and oxygen atoms in total. The van der Waals surface area contributed by atoms with Gasteiger partial charge in [-0.25, -0.2) is 9.37 Å². The molecule has 3 rings (SSSR count). The van der Waals surface area contributed by atoms with Crippen LogP contribution in [0.1, 0.15) is 33.4 Å². The van der Waals surface area contributed by atoms with Crippen molar-refractivity contribution >= 4 is 5.91 Å². The molecule has 0 aliphatic heterocycles. The van der Waals surface area contributed by atoms with Gasteiger partial charge in [0, 0.05) is 25.0 Å². The predicted octanol–water partition coefficient (Wildman–Crippen LogP) is 2.95. The van der Waals surface area contributed by atoms with Crippen LogP contribution in [0.15, 0.2) is 60.9 Å². The number of carbonyl (C=O) groups is 1. The number of amides is 1. The number of halogens is 1. The van der Waals surface area contributed by atoms with Gasteiger partial charge in [-0.2, -0.15) is 5.26 Å². The van der Waals surface area contributed by atoms with E-state index in [4.69, 9.17) is 5.26 Å². The molecule has 6 heteroatoms. The SMILES string of the molecule is Cn1ccnc1C(NC(=O)c1cccc(C#N)c1)c1cccc(F)c1. The zero-order valence-corrected chi connectivity index (χ0v) is 13.5. The van der Waals surface area contributed by atoms with E-state index in [0.29, 0.717) is 22.5 Å². The molecule has 3 aromatic rings. The lowest BCUT2D eigenvalue weighted by Crippen LogP contribution is -2.31. The summed E-state index contributed by atoms with van der Waals surface area (Å²) in [6, 6.07) is 13.8. The van der Waals surface area contributed by atoms with Gasteiger partial charge in [0.05, 0.1) is 11.6 Å². The van der Waals surface area contributed by atoms with Gasteiger partial charge < -0.3 is 9.88 Å². The molecule has 0 spiro atoms. The van der Waals surface area contributed by atoms with E-state index in [1.807, 2.05) is 6.07 Å². The van der Waals surface area contributed by atoms with Gasteiger partial charge in [-0.1, -0.05) is 18.2 Å². The van der Waals surface area contributed by atoms with E-state index >= 15 is 0 Å². The van der Waals surface area contributed by atoms with Crippen molar-refractivity contribution in [3.63, 3.8) is 0 Å². The van der Waals surface area contributed by atoms with Crippen molar-refractivity contribution in [1.82, 2.24) is 14.9 Å². The third-order valence-electron chi connectivity index (χ3n) is 3.83. The molecule has 0 saturated carbocycles. The van der Waals surface area contributed by atoms with Crippen LogP contribution in [0, 0.1) is 17.1 Å². The van der Waals surface area contributed by atoms with Crippen molar-refractivity contribution in [2.24, 2.45) is 7.05 Å². The first kappa shape index (κ1) is 16.4. The molecule has 1 unspecified atom stereocenters. The van der Waals surface area contributed by atoms with E-state index in [9.17, 15) is 9.18 Å². The molecule has 0 radical (unpaired) electrons. The predicted molar refractivity (Wildman–Crippen MR) is 90.1 cm³/mol. The Labute approximate surface area is 144 Å². The standard InChI is InChI=1S/C19H15FN4O/c1-24-9-8-22-18(24)17(14-5-3-7-16(20)11-14)23-19(25)15-6-2-4-13(10-15)12-21/h2-11,17H,1H3,(H,23,25). The van der Waals surface area contributed by atoms with Crippen molar-refractivity contribution in [2.75, 3.05) is 0 Å². The van der Waals surface area contributed by atoms with E-state index in [1.165, 1.54) is 18.2 Å². The summed E-state index contributed by atoms with van der Waals surface area (Å²) < 4.78 is 15.4. The van der Waals surface area contributed by atoms with Crippen molar-refractivity contribution in [1.29, 1.82) is 5.26 Å². The third kappa shape index (κ3) is 3.56. The highest BCUT2D eigenvalue weighted by atomic mass is 19.1. The van der Waals surface area contributed by atoms with Crippen molar-refractivity contribution in [2.45, 2.75) is 6.04 Å². The maximum absolute atomic E-state index is 13.7. The number of rotatable bonds is 4. The summed E-state index contributed by atoms with van der Waals surface area (Å²) in [6.07, 6.45) is 3.37. The highest BCUT2D eigenvalue weighted by Crippen LogP contribution is 2.22. The minimum Gasteiger partial charge on any atom is -0.338 e. The van der Waals surface area contributed by atoms with Gasteiger partial charge in [-0.05, 0) is 35.9 Å². The van der Waals surface area contributed by atoms with Crippen LogP contribution in [-0.4, -0.2) is 15.5 Å². The summed E-state index contributed by atoms with van der Waals surface area (Å²) in [5, 5.41) is 11.9. The molecule has 0 saturated heterocycles. The van der Waals surface area contributed by atoms with Gasteiger partial charge in [0.25, 0.3) is 5.91 Å². The Kier molecular flexibility index (Phi) is 4.57. The topological polar surface area (TPSA) is 70.7 Å². The first-order valence-corrected chi connectivity index (χ1v) is 7.62. The number of aryl methyl sites for hydroxylation is 1. The van der Waals surface area contributed by atoms with E-state index in [-0.39, 0.29) is 5.91 Å². The van der Waals surface area contributed by atoms with Crippen molar-refractivity contribution in [3.05, 3.63) is 89.3 Å². The fraction of sp³-hybridized carbons (Fsp3) is 0.105. The second kappa shape index (κ2) is 6.97. The van der Waals surface area contributed by atoms with Crippen molar-refractivity contribution in [3.8, 4) is 6.07 Å². The van der Waals surface area contributed by atoms with Gasteiger partial charge in [-0.3, -0.25) is 4.79 Å². The Morgan fingerprint density at radius 2 is 2.08 bits per heavy atom. The molecule has 0 fully saturated rings. The fourth-order valence-corrected chi connectivity index (χ4v) is 2.58. The number of hydrogen-bond acceptors (Lipinski definition) is 3. The van der Waals surface area contributed by atoms with Gasteiger partial charge in [0.15, 0.2) is 0 Å². The van der Waals surface area contributed by atoms with Gasteiger partial charge in [-0.15, -0.1) is 0 Å². The second-order valence-electron chi connectivity index (χ2n) is 5.55. The van der Waals surface area contributed by atoms with Crippen molar-refractivity contribution < 1.29 is 9.18 Å². The molecule has 1 atom stereocenters. The fourth-order valence-electron chi connectivity index (χ4n) is 2.58. The Morgan fingerprint density at radius 1 is 1.28 bits per heavy atom. The molecule has 0 aliphatic carbocycles. The molecular formula is C19H15FN4O. The Balaban J connectivity index is 1.97. The molecule has 0 bridgehead atoms. The number of nitrogens with one attached hydrogen (secondary N) is 1. The quantitative estimate of drug-likeness (QED) is 0.797. The molecule has 1 heterocycles. The van der Waals surface area contributed by atoms with Gasteiger partial charge in [0.1, 0.15) is 17.7 Å². The number of imidazole rings is 1.